The minimum atomic E-state index is 0.0686. The van der Waals surface area contributed by atoms with E-state index in [2.05, 4.69) is 150 Å². The van der Waals surface area contributed by atoms with Crippen LogP contribution in [0.1, 0.15) is 16.7 Å². The second kappa shape index (κ2) is 8.32. The highest BCUT2D eigenvalue weighted by Gasteiger charge is 2.45. The molecule has 5 heterocycles. The first-order valence-electron chi connectivity index (χ1n) is 16.1. The molecular formula is C41H28BN3O. The van der Waals surface area contributed by atoms with E-state index in [4.69, 9.17) is 4.42 Å². The van der Waals surface area contributed by atoms with E-state index in [0.717, 1.165) is 16.6 Å². The predicted octanol–water partition coefficient (Wildman–Crippen LogP) is 8.47. The fraction of sp³-hybridized carbons (Fsp3) is 0.0732. The zero-order valence-electron chi connectivity index (χ0n) is 25.8. The molecule has 0 unspecified atom stereocenters. The lowest BCUT2D eigenvalue weighted by Gasteiger charge is -2.42. The van der Waals surface area contributed by atoms with Gasteiger partial charge in [-0.1, -0.05) is 66.7 Å². The maximum Gasteiger partial charge on any atom is 0.255 e. The molecule has 0 bridgehead atoms. The summed E-state index contributed by atoms with van der Waals surface area (Å²) >= 11 is 0. The molecule has 0 radical (unpaired) electrons. The summed E-state index contributed by atoms with van der Waals surface area (Å²) in [5, 5.41) is 3.61. The maximum absolute atomic E-state index is 6.48. The number of hydrogen-bond donors (Lipinski definition) is 0. The molecule has 216 valence electrons. The number of para-hydroxylation sites is 5. The lowest BCUT2D eigenvalue weighted by atomic mass is 9.33. The number of anilines is 3. The smallest absolute Gasteiger partial charge is 0.255 e. The highest BCUT2D eigenvalue weighted by atomic mass is 16.3. The van der Waals surface area contributed by atoms with Gasteiger partial charge in [-0.3, -0.25) is 8.97 Å². The molecule has 9 aromatic rings. The van der Waals surface area contributed by atoms with E-state index in [-0.39, 0.29) is 6.71 Å². The van der Waals surface area contributed by atoms with E-state index in [9.17, 15) is 0 Å². The quantitative estimate of drug-likeness (QED) is 0.180. The van der Waals surface area contributed by atoms with Crippen LogP contribution in [-0.2, 0) is 0 Å². The Bertz CT molecular complexity index is 2800. The molecule has 0 fully saturated rings. The van der Waals surface area contributed by atoms with Crippen LogP contribution in [0.2, 0.25) is 0 Å². The molecule has 0 saturated heterocycles. The van der Waals surface area contributed by atoms with Gasteiger partial charge in [-0.2, -0.15) is 0 Å². The lowest BCUT2D eigenvalue weighted by Crippen LogP contribution is -2.60. The van der Waals surface area contributed by atoms with Crippen molar-refractivity contribution in [2.24, 2.45) is 0 Å². The molecule has 0 amide bonds. The van der Waals surface area contributed by atoms with Crippen LogP contribution in [0.15, 0.2) is 120 Å². The number of nitrogens with zero attached hydrogens (tertiary/aromatic N) is 3. The number of rotatable bonds is 1. The second-order valence-corrected chi connectivity index (χ2v) is 13.0. The molecule has 2 aliphatic heterocycles. The van der Waals surface area contributed by atoms with Crippen LogP contribution in [0.5, 0.6) is 0 Å². The molecule has 3 aromatic heterocycles. The molecule has 11 rings (SSSR count). The van der Waals surface area contributed by atoms with Crippen LogP contribution in [-0.4, -0.2) is 15.7 Å². The summed E-state index contributed by atoms with van der Waals surface area (Å²) in [6.45, 7) is 7.00. The van der Waals surface area contributed by atoms with Crippen molar-refractivity contribution in [2.45, 2.75) is 20.8 Å². The van der Waals surface area contributed by atoms with Gasteiger partial charge in [-0.15, -0.1) is 0 Å². The topological polar surface area (TPSA) is 25.7 Å². The number of aromatic nitrogens is 2. The Balaban J connectivity index is 1.41. The molecular weight excluding hydrogens is 561 g/mol. The first kappa shape index (κ1) is 24.6. The Morgan fingerprint density at radius 2 is 1.26 bits per heavy atom. The van der Waals surface area contributed by atoms with Crippen LogP contribution in [0.4, 0.5) is 17.1 Å². The second-order valence-electron chi connectivity index (χ2n) is 13.0. The third-order valence-corrected chi connectivity index (χ3v) is 10.9. The molecule has 4 nitrogen and oxygen atoms in total. The van der Waals surface area contributed by atoms with Crippen molar-refractivity contribution >= 4 is 89.7 Å². The van der Waals surface area contributed by atoms with Gasteiger partial charge in [-0.25, -0.2) is 0 Å². The molecule has 0 aliphatic carbocycles. The Morgan fingerprint density at radius 1 is 0.543 bits per heavy atom. The molecule has 0 N–H and O–H groups in total. The Labute approximate surface area is 265 Å². The molecule has 0 spiro atoms. The van der Waals surface area contributed by atoms with E-state index >= 15 is 0 Å². The van der Waals surface area contributed by atoms with Crippen molar-refractivity contribution in [3.05, 3.63) is 132 Å². The number of imidazole rings is 1. The van der Waals surface area contributed by atoms with Crippen molar-refractivity contribution in [1.82, 2.24) is 8.97 Å². The van der Waals surface area contributed by atoms with Gasteiger partial charge < -0.3 is 9.32 Å². The van der Waals surface area contributed by atoms with Gasteiger partial charge in [0.05, 0.1) is 16.6 Å². The third kappa shape index (κ3) is 2.75. The fourth-order valence-electron chi connectivity index (χ4n) is 8.81. The minimum absolute atomic E-state index is 0.0686. The zero-order chi connectivity index (χ0) is 30.4. The number of hydrogen-bond acceptors (Lipinski definition) is 2. The summed E-state index contributed by atoms with van der Waals surface area (Å²) in [6, 6.07) is 41.9. The molecule has 5 heteroatoms. The Hall–Kier alpha value is -5.68. The summed E-state index contributed by atoms with van der Waals surface area (Å²) in [5.74, 6) is 0. The standard InChI is InChI=1S/C41H28BN3O/c1-23-24(2)39-38-40(25(23)3)45-33-19-11-10-18-32(33)44-34-22-36-28(27-15-7-12-20-35(27)46-36)21-29(34)37(41(44)45)42(38)30-16-8-9-17-31(30)43(39)26-13-5-4-6-14-26/h4-22H,1-3H3. The molecule has 0 saturated carbocycles. The average Bonchev–Trinajstić information content (AvgIpc) is 3.74. The minimum Gasteiger partial charge on any atom is -0.456 e. The van der Waals surface area contributed by atoms with Gasteiger partial charge in [0.15, 0.2) is 0 Å². The third-order valence-electron chi connectivity index (χ3n) is 10.9. The molecule has 46 heavy (non-hydrogen) atoms. The molecule has 2 aliphatic rings. The summed E-state index contributed by atoms with van der Waals surface area (Å²) in [6.07, 6.45) is 0. The van der Waals surface area contributed by atoms with E-state index in [0.29, 0.717) is 0 Å². The lowest BCUT2D eigenvalue weighted by molar-refractivity contribution is 0.669. The summed E-state index contributed by atoms with van der Waals surface area (Å²) in [7, 11) is 0. The fourth-order valence-corrected chi connectivity index (χ4v) is 8.81. The number of benzene rings is 6. The van der Waals surface area contributed by atoms with Crippen LogP contribution >= 0.6 is 0 Å². The maximum atomic E-state index is 6.48. The van der Waals surface area contributed by atoms with Crippen LogP contribution in [0.3, 0.4) is 0 Å². The van der Waals surface area contributed by atoms with E-state index in [1.807, 2.05) is 0 Å². The predicted molar refractivity (Wildman–Crippen MR) is 193 cm³/mol. The summed E-state index contributed by atoms with van der Waals surface area (Å²) < 4.78 is 11.5. The van der Waals surface area contributed by atoms with E-state index in [1.54, 1.807) is 0 Å². The monoisotopic (exact) mass is 589 g/mol. The summed E-state index contributed by atoms with van der Waals surface area (Å²) in [5.41, 5.74) is 19.9. The normalized spacial score (nSPS) is 13.5. The van der Waals surface area contributed by atoms with Crippen molar-refractivity contribution in [3.63, 3.8) is 0 Å². The van der Waals surface area contributed by atoms with Crippen molar-refractivity contribution in [1.29, 1.82) is 0 Å². The van der Waals surface area contributed by atoms with Crippen LogP contribution in [0, 0.1) is 20.8 Å². The average molecular weight is 590 g/mol. The van der Waals surface area contributed by atoms with E-state index in [1.165, 1.54) is 88.8 Å². The van der Waals surface area contributed by atoms with Gasteiger partial charge in [-0.05, 0) is 102 Å². The first-order valence-corrected chi connectivity index (χ1v) is 16.1. The molecule has 0 atom stereocenters. The summed E-state index contributed by atoms with van der Waals surface area (Å²) in [4.78, 5) is 2.51. The van der Waals surface area contributed by atoms with Gasteiger partial charge in [0.2, 0.25) is 0 Å². The largest absolute Gasteiger partial charge is 0.456 e. The highest BCUT2D eigenvalue weighted by Crippen LogP contribution is 2.45. The number of fused-ring (bicyclic) bond motifs is 13. The van der Waals surface area contributed by atoms with E-state index < -0.39 is 0 Å². The van der Waals surface area contributed by atoms with Crippen molar-refractivity contribution < 1.29 is 4.42 Å². The van der Waals surface area contributed by atoms with Gasteiger partial charge in [0, 0.05) is 39.6 Å². The van der Waals surface area contributed by atoms with Crippen molar-refractivity contribution in [2.75, 3.05) is 4.90 Å². The van der Waals surface area contributed by atoms with Crippen LogP contribution < -0.4 is 21.3 Å². The van der Waals surface area contributed by atoms with Gasteiger partial charge >= 0.3 is 0 Å². The first-order chi connectivity index (χ1) is 22.6. The highest BCUT2D eigenvalue weighted by molar-refractivity contribution is 7.01. The van der Waals surface area contributed by atoms with Crippen LogP contribution in [0.25, 0.3) is 55.2 Å². The van der Waals surface area contributed by atoms with Crippen molar-refractivity contribution in [3.8, 4) is 5.69 Å². The zero-order valence-corrected chi connectivity index (χ0v) is 25.8. The molecule has 6 aromatic carbocycles. The Morgan fingerprint density at radius 3 is 2.13 bits per heavy atom. The van der Waals surface area contributed by atoms with Gasteiger partial charge in [0.25, 0.3) is 6.71 Å². The van der Waals surface area contributed by atoms with Gasteiger partial charge in [0.1, 0.15) is 16.8 Å². The Kier molecular flexibility index (Phi) is 4.45. The number of furan rings is 1. The SMILES string of the molecule is Cc1c(C)c2c3c(c1C)-n1c4ccccc4n4c5cc6oc7ccccc7c6cc5c(c14)B3c1ccccc1N2c1ccccc1.